The van der Waals surface area contributed by atoms with E-state index in [0.29, 0.717) is 22.6 Å². The number of hydrogen-bond donors (Lipinski definition) is 0. The van der Waals surface area contributed by atoms with Crippen LogP contribution >= 0.6 is 0 Å². The fraction of sp³-hybridized carbons (Fsp3) is 0.588. The van der Waals surface area contributed by atoms with Crippen LogP contribution in [-0.2, 0) is 19.0 Å². The van der Waals surface area contributed by atoms with Crippen molar-refractivity contribution in [2.24, 2.45) is 0 Å². The summed E-state index contributed by atoms with van der Waals surface area (Å²) in [5.41, 5.74) is -0.365. The Bertz CT molecular complexity index is 692. The van der Waals surface area contributed by atoms with Crippen LogP contribution in [0.15, 0.2) is 12.1 Å². The molecule has 0 aliphatic carbocycles. The first kappa shape index (κ1) is 19.9. The molecule has 0 N–H and O–H groups in total. The SMILES string of the molecule is COC(=O)CCC(C)(C1OC(OC)c2cc(OC)c(OC)cc21)[N+](=O)[O-]. The normalized spacial score (nSPS) is 20.8. The standard InChI is InChI=1S/C17H23NO8/c1-17(18(20)21,7-6-14(19)24-4)15-10-8-12(22-2)13(23-3)9-11(10)16(25-5)26-15/h8-9,15-16H,6-7H2,1-5H3. The van der Waals surface area contributed by atoms with Gasteiger partial charge in [-0.15, -0.1) is 0 Å². The summed E-state index contributed by atoms with van der Waals surface area (Å²) in [5, 5.41) is 11.9. The number of fused-ring (bicyclic) bond motifs is 1. The molecule has 3 atom stereocenters. The number of carbonyl (C=O) groups excluding carboxylic acids is 1. The zero-order valence-corrected chi connectivity index (χ0v) is 15.4. The van der Waals surface area contributed by atoms with E-state index in [1.54, 1.807) is 12.1 Å². The Morgan fingerprint density at radius 2 is 1.77 bits per heavy atom. The van der Waals surface area contributed by atoms with Crippen LogP contribution in [0.3, 0.4) is 0 Å². The zero-order chi connectivity index (χ0) is 19.5. The molecule has 0 saturated carbocycles. The van der Waals surface area contributed by atoms with E-state index in [9.17, 15) is 14.9 Å². The van der Waals surface area contributed by atoms with Crippen LogP contribution < -0.4 is 9.47 Å². The lowest BCUT2D eigenvalue weighted by molar-refractivity contribution is -0.583. The summed E-state index contributed by atoms with van der Waals surface area (Å²) in [6.07, 6.45) is -1.87. The van der Waals surface area contributed by atoms with Crippen LogP contribution in [0.5, 0.6) is 11.5 Å². The van der Waals surface area contributed by atoms with Gasteiger partial charge in [-0.05, 0) is 12.1 Å². The molecule has 3 unspecified atom stereocenters. The number of ether oxygens (including phenoxy) is 5. The van der Waals surface area contributed by atoms with Gasteiger partial charge in [0.1, 0.15) is 0 Å². The average Bonchev–Trinajstić information content (AvgIpc) is 3.02. The highest BCUT2D eigenvalue weighted by Crippen LogP contribution is 2.50. The van der Waals surface area contributed by atoms with Gasteiger partial charge in [-0.2, -0.15) is 0 Å². The number of nitrogens with zero attached hydrogens (tertiary/aromatic N) is 1. The van der Waals surface area contributed by atoms with Crippen molar-refractivity contribution in [2.75, 3.05) is 28.4 Å². The van der Waals surface area contributed by atoms with Gasteiger partial charge in [0.25, 0.3) is 0 Å². The summed E-state index contributed by atoms with van der Waals surface area (Å²) in [6, 6.07) is 3.33. The fourth-order valence-electron chi connectivity index (χ4n) is 3.05. The van der Waals surface area contributed by atoms with Gasteiger partial charge in [0.15, 0.2) is 23.9 Å². The van der Waals surface area contributed by atoms with Crippen molar-refractivity contribution < 1.29 is 33.4 Å². The Balaban J connectivity index is 2.49. The van der Waals surface area contributed by atoms with Crippen LogP contribution in [0.1, 0.15) is 43.3 Å². The molecule has 0 spiro atoms. The second-order valence-electron chi connectivity index (χ2n) is 6.11. The Labute approximate surface area is 151 Å². The summed E-state index contributed by atoms with van der Waals surface area (Å²) in [6.45, 7) is 1.44. The third-order valence-electron chi connectivity index (χ3n) is 4.64. The summed E-state index contributed by atoms with van der Waals surface area (Å²) in [5.74, 6) is 0.372. The van der Waals surface area contributed by atoms with E-state index in [1.807, 2.05) is 0 Å². The quantitative estimate of drug-likeness (QED) is 0.391. The van der Waals surface area contributed by atoms with E-state index < -0.39 is 28.8 Å². The lowest BCUT2D eigenvalue weighted by Crippen LogP contribution is -2.42. The van der Waals surface area contributed by atoms with Crippen LogP contribution in [0.4, 0.5) is 0 Å². The number of nitro groups is 1. The molecule has 0 aromatic heterocycles. The van der Waals surface area contributed by atoms with Gasteiger partial charge in [-0.3, -0.25) is 14.9 Å². The molecule has 2 rings (SSSR count). The van der Waals surface area contributed by atoms with E-state index in [0.717, 1.165) is 0 Å². The minimum absolute atomic E-state index is 0.0540. The average molecular weight is 369 g/mol. The van der Waals surface area contributed by atoms with Crippen molar-refractivity contribution in [3.8, 4) is 11.5 Å². The number of rotatable bonds is 8. The van der Waals surface area contributed by atoms with Crippen LogP contribution in [-0.4, -0.2) is 44.9 Å². The molecule has 9 heteroatoms. The number of carbonyl (C=O) groups is 1. The molecule has 0 bridgehead atoms. The molecule has 1 heterocycles. The molecule has 1 aromatic carbocycles. The third kappa shape index (κ3) is 3.45. The molecule has 1 aliphatic rings. The predicted molar refractivity (Wildman–Crippen MR) is 89.8 cm³/mol. The van der Waals surface area contributed by atoms with E-state index in [2.05, 4.69) is 4.74 Å². The lowest BCUT2D eigenvalue weighted by Gasteiger charge is -2.27. The van der Waals surface area contributed by atoms with Gasteiger partial charge in [0.05, 0.1) is 27.8 Å². The van der Waals surface area contributed by atoms with Gasteiger partial charge in [0.2, 0.25) is 5.54 Å². The Hall–Kier alpha value is -2.39. The third-order valence-corrected chi connectivity index (χ3v) is 4.64. The molecule has 9 nitrogen and oxygen atoms in total. The van der Waals surface area contributed by atoms with Gasteiger partial charge in [-0.25, -0.2) is 0 Å². The first-order valence-electron chi connectivity index (χ1n) is 7.97. The van der Waals surface area contributed by atoms with Crippen molar-refractivity contribution in [3.63, 3.8) is 0 Å². The summed E-state index contributed by atoms with van der Waals surface area (Å²) >= 11 is 0. The van der Waals surface area contributed by atoms with Gasteiger partial charge >= 0.3 is 5.97 Å². The second-order valence-corrected chi connectivity index (χ2v) is 6.11. The fourth-order valence-corrected chi connectivity index (χ4v) is 3.05. The minimum atomic E-state index is -1.56. The smallest absolute Gasteiger partial charge is 0.305 e. The summed E-state index contributed by atoms with van der Waals surface area (Å²) in [4.78, 5) is 22.9. The molecule has 0 saturated heterocycles. The molecule has 0 amide bonds. The predicted octanol–water partition coefficient (Wildman–Crippen LogP) is 2.41. The summed E-state index contributed by atoms with van der Waals surface area (Å²) < 4.78 is 26.4. The van der Waals surface area contributed by atoms with Gasteiger partial charge in [0, 0.05) is 36.5 Å². The molecule has 0 radical (unpaired) electrons. The molecule has 1 aliphatic heterocycles. The molecule has 26 heavy (non-hydrogen) atoms. The number of benzene rings is 1. The number of hydrogen-bond acceptors (Lipinski definition) is 8. The van der Waals surface area contributed by atoms with Crippen LogP contribution in [0.25, 0.3) is 0 Å². The monoisotopic (exact) mass is 369 g/mol. The Kier molecular flexibility index (Phi) is 6.04. The van der Waals surface area contributed by atoms with E-state index in [-0.39, 0.29) is 12.8 Å². The van der Waals surface area contributed by atoms with Gasteiger partial charge < -0.3 is 23.7 Å². The highest BCUT2D eigenvalue weighted by Gasteiger charge is 2.53. The van der Waals surface area contributed by atoms with E-state index in [4.69, 9.17) is 18.9 Å². The summed E-state index contributed by atoms with van der Waals surface area (Å²) in [7, 11) is 5.67. The van der Waals surface area contributed by atoms with Gasteiger partial charge in [-0.1, -0.05) is 0 Å². The first-order valence-corrected chi connectivity index (χ1v) is 7.97. The van der Waals surface area contributed by atoms with Crippen molar-refractivity contribution >= 4 is 5.97 Å². The maximum atomic E-state index is 11.9. The van der Waals surface area contributed by atoms with Crippen molar-refractivity contribution in [2.45, 2.75) is 37.7 Å². The zero-order valence-electron chi connectivity index (χ0n) is 15.4. The number of methoxy groups -OCH3 is 4. The largest absolute Gasteiger partial charge is 0.493 e. The second kappa shape index (κ2) is 7.88. The van der Waals surface area contributed by atoms with Crippen molar-refractivity contribution in [1.29, 1.82) is 0 Å². The number of esters is 1. The molecule has 1 aromatic rings. The van der Waals surface area contributed by atoms with E-state index in [1.165, 1.54) is 35.4 Å². The van der Waals surface area contributed by atoms with Crippen molar-refractivity contribution in [1.82, 2.24) is 0 Å². The maximum Gasteiger partial charge on any atom is 0.305 e. The molecular weight excluding hydrogens is 346 g/mol. The lowest BCUT2D eigenvalue weighted by atomic mass is 9.85. The highest BCUT2D eigenvalue weighted by atomic mass is 16.7. The van der Waals surface area contributed by atoms with Crippen LogP contribution in [0.2, 0.25) is 0 Å². The van der Waals surface area contributed by atoms with E-state index >= 15 is 0 Å². The maximum absolute atomic E-state index is 11.9. The highest BCUT2D eigenvalue weighted by molar-refractivity contribution is 5.69. The van der Waals surface area contributed by atoms with Crippen LogP contribution in [0, 0.1) is 10.1 Å². The first-order chi connectivity index (χ1) is 12.3. The molecule has 144 valence electrons. The minimum Gasteiger partial charge on any atom is -0.493 e. The molecular formula is C17H23NO8. The Morgan fingerprint density at radius 1 is 1.19 bits per heavy atom. The Morgan fingerprint density at radius 3 is 2.23 bits per heavy atom. The topological polar surface area (TPSA) is 106 Å². The van der Waals surface area contributed by atoms with Crippen molar-refractivity contribution in [3.05, 3.63) is 33.4 Å². The molecule has 0 fully saturated rings.